The molecule has 0 saturated carbocycles. The predicted octanol–water partition coefficient (Wildman–Crippen LogP) is 2.32. The standard InChI is InChI=1S/C21H20O8/c1-25-13-4-9(5-14(26-2)19(13)23)16-11-6-15-20(29-8-28-15)18(22)12(11)3-10-7-27-21(24)17(10)16/h4-6,10,16-17,22-23H,3,7-8H2,1-2H3/t10-,16+,17+/m1/s1. The molecule has 3 atom stereocenters. The third-order valence-corrected chi connectivity index (χ3v) is 6.02. The molecular formula is C21H20O8. The minimum atomic E-state index is -0.429. The van der Waals surface area contributed by atoms with Crippen molar-refractivity contribution in [3.05, 3.63) is 34.9 Å². The summed E-state index contributed by atoms with van der Waals surface area (Å²) >= 11 is 0. The van der Waals surface area contributed by atoms with Gasteiger partial charge in [0.1, 0.15) is 0 Å². The van der Waals surface area contributed by atoms with E-state index < -0.39 is 11.8 Å². The molecule has 0 amide bonds. The molecule has 152 valence electrons. The Kier molecular flexibility index (Phi) is 3.90. The van der Waals surface area contributed by atoms with Gasteiger partial charge >= 0.3 is 5.97 Å². The molecule has 2 aliphatic heterocycles. The van der Waals surface area contributed by atoms with Crippen LogP contribution in [0.25, 0.3) is 0 Å². The van der Waals surface area contributed by atoms with Crippen LogP contribution in [0.3, 0.4) is 0 Å². The van der Waals surface area contributed by atoms with E-state index in [-0.39, 0.29) is 41.7 Å². The molecule has 1 aliphatic carbocycles. The van der Waals surface area contributed by atoms with E-state index in [1.165, 1.54) is 14.2 Å². The number of methoxy groups -OCH3 is 2. The Morgan fingerprint density at radius 2 is 1.72 bits per heavy atom. The first-order chi connectivity index (χ1) is 14.0. The first-order valence-electron chi connectivity index (χ1n) is 9.29. The van der Waals surface area contributed by atoms with E-state index in [9.17, 15) is 15.0 Å². The van der Waals surface area contributed by atoms with Gasteiger partial charge in [-0.25, -0.2) is 0 Å². The third kappa shape index (κ3) is 2.48. The zero-order valence-electron chi connectivity index (χ0n) is 15.9. The van der Waals surface area contributed by atoms with Gasteiger partial charge in [0, 0.05) is 17.4 Å². The molecule has 0 aromatic heterocycles. The second-order valence-electron chi connectivity index (χ2n) is 7.40. The number of fused-ring (bicyclic) bond motifs is 3. The molecule has 3 aliphatic rings. The van der Waals surface area contributed by atoms with Crippen molar-refractivity contribution in [3.63, 3.8) is 0 Å². The van der Waals surface area contributed by atoms with Gasteiger partial charge in [-0.05, 0) is 35.7 Å². The first kappa shape index (κ1) is 17.8. The number of carbonyl (C=O) groups is 1. The Balaban J connectivity index is 1.75. The quantitative estimate of drug-likeness (QED) is 0.757. The fourth-order valence-corrected chi connectivity index (χ4v) is 4.69. The fraction of sp³-hybridized carbons (Fsp3) is 0.381. The first-order valence-corrected chi connectivity index (χ1v) is 9.29. The molecule has 8 nitrogen and oxygen atoms in total. The van der Waals surface area contributed by atoms with Gasteiger partial charge in [-0.1, -0.05) is 0 Å². The molecule has 0 unspecified atom stereocenters. The van der Waals surface area contributed by atoms with Gasteiger partial charge in [-0.15, -0.1) is 0 Å². The smallest absolute Gasteiger partial charge is 0.310 e. The molecule has 0 bridgehead atoms. The molecular weight excluding hydrogens is 380 g/mol. The fourth-order valence-electron chi connectivity index (χ4n) is 4.69. The zero-order valence-corrected chi connectivity index (χ0v) is 15.9. The summed E-state index contributed by atoms with van der Waals surface area (Å²) in [4.78, 5) is 12.6. The molecule has 2 aromatic rings. The number of phenols is 2. The number of esters is 1. The van der Waals surface area contributed by atoms with Crippen LogP contribution in [0.5, 0.6) is 34.5 Å². The van der Waals surface area contributed by atoms with E-state index in [1.54, 1.807) is 12.1 Å². The van der Waals surface area contributed by atoms with E-state index in [2.05, 4.69) is 0 Å². The largest absolute Gasteiger partial charge is 0.504 e. The van der Waals surface area contributed by atoms with E-state index in [0.717, 1.165) is 5.56 Å². The topological polar surface area (TPSA) is 104 Å². The Labute approximate surface area is 166 Å². The van der Waals surface area contributed by atoms with E-state index >= 15 is 0 Å². The second kappa shape index (κ2) is 6.37. The summed E-state index contributed by atoms with van der Waals surface area (Å²) < 4.78 is 26.9. The van der Waals surface area contributed by atoms with Gasteiger partial charge < -0.3 is 33.9 Å². The van der Waals surface area contributed by atoms with Crippen LogP contribution in [0.15, 0.2) is 18.2 Å². The Hall–Kier alpha value is -3.29. The number of aromatic hydroxyl groups is 2. The summed E-state index contributed by atoms with van der Waals surface area (Å²) in [5, 5.41) is 21.1. The maximum Gasteiger partial charge on any atom is 0.310 e. The van der Waals surface area contributed by atoms with Gasteiger partial charge in [0.15, 0.2) is 23.0 Å². The van der Waals surface area contributed by atoms with Crippen LogP contribution in [0.1, 0.15) is 22.6 Å². The van der Waals surface area contributed by atoms with Crippen molar-refractivity contribution in [2.45, 2.75) is 12.3 Å². The minimum Gasteiger partial charge on any atom is -0.504 e. The highest BCUT2D eigenvalue weighted by Gasteiger charge is 2.49. The molecule has 1 fully saturated rings. The van der Waals surface area contributed by atoms with Crippen LogP contribution in [-0.2, 0) is 16.0 Å². The normalized spacial score (nSPS) is 23.9. The van der Waals surface area contributed by atoms with Crippen LogP contribution >= 0.6 is 0 Å². The lowest BCUT2D eigenvalue weighted by Gasteiger charge is -2.34. The average Bonchev–Trinajstić information content (AvgIpc) is 3.34. The molecule has 29 heavy (non-hydrogen) atoms. The van der Waals surface area contributed by atoms with Gasteiger partial charge in [0.2, 0.25) is 18.3 Å². The summed E-state index contributed by atoms with van der Waals surface area (Å²) in [6.45, 7) is 0.325. The average molecular weight is 400 g/mol. The number of phenolic OH excluding ortho intramolecular Hbond substituents is 2. The van der Waals surface area contributed by atoms with Crippen LogP contribution < -0.4 is 18.9 Å². The highest BCUT2D eigenvalue weighted by atomic mass is 16.7. The molecule has 2 heterocycles. The van der Waals surface area contributed by atoms with Crippen LogP contribution in [0.4, 0.5) is 0 Å². The number of hydrogen-bond donors (Lipinski definition) is 2. The van der Waals surface area contributed by atoms with Crippen molar-refractivity contribution < 1.29 is 38.7 Å². The highest BCUT2D eigenvalue weighted by molar-refractivity contribution is 5.79. The zero-order chi connectivity index (χ0) is 20.3. The predicted molar refractivity (Wildman–Crippen MR) is 98.9 cm³/mol. The van der Waals surface area contributed by atoms with Crippen LogP contribution in [0, 0.1) is 11.8 Å². The number of rotatable bonds is 3. The lowest BCUT2D eigenvalue weighted by Crippen LogP contribution is -2.31. The number of carbonyl (C=O) groups excluding carboxylic acids is 1. The molecule has 2 N–H and O–H groups in total. The maximum absolute atomic E-state index is 12.6. The van der Waals surface area contributed by atoms with Crippen LogP contribution in [0.2, 0.25) is 0 Å². The molecule has 2 aromatic carbocycles. The molecule has 8 heteroatoms. The number of hydrogen-bond acceptors (Lipinski definition) is 8. The van der Waals surface area contributed by atoms with Crippen molar-refractivity contribution in [3.8, 4) is 34.5 Å². The Morgan fingerprint density at radius 1 is 1.00 bits per heavy atom. The van der Waals surface area contributed by atoms with Crippen molar-refractivity contribution in [1.82, 2.24) is 0 Å². The van der Waals surface area contributed by atoms with Gasteiger partial charge in [-0.2, -0.15) is 0 Å². The molecule has 1 saturated heterocycles. The molecule has 0 radical (unpaired) electrons. The highest BCUT2D eigenvalue weighted by Crippen LogP contribution is 2.55. The Bertz CT molecular complexity index is 989. The monoisotopic (exact) mass is 400 g/mol. The van der Waals surface area contributed by atoms with Gasteiger partial charge in [0.05, 0.1) is 26.7 Å². The van der Waals surface area contributed by atoms with Crippen molar-refractivity contribution >= 4 is 5.97 Å². The Morgan fingerprint density at radius 3 is 2.41 bits per heavy atom. The van der Waals surface area contributed by atoms with Crippen molar-refractivity contribution in [1.29, 1.82) is 0 Å². The van der Waals surface area contributed by atoms with E-state index in [1.807, 2.05) is 6.07 Å². The molecule has 5 rings (SSSR count). The minimum absolute atomic E-state index is 0.0339. The second-order valence-corrected chi connectivity index (χ2v) is 7.40. The summed E-state index contributed by atoms with van der Waals surface area (Å²) in [5.41, 5.74) is 2.19. The number of cyclic esters (lactones) is 1. The van der Waals surface area contributed by atoms with Crippen LogP contribution in [-0.4, -0.2) is 43.8 Å². The number of benzene rings is 2. The third-order valence-electron chi connectivity index (χ3n) is 6.02. The maximum atomic E-state index is 12.6. The van der Waals surface area contributed by atoms with Gasteiger partial charge in [0.25, 0.3) is 0 Å². The van der Waals surface area contributed by atoms with Gasteiger partial charge in [-0.3, -0.25) is 4.79 Å². The lowest BCUT2D eigenvalue weighted by atomic mass is 9.67. The number of ether oxygens (including phenoxy) is 5. The summed E-state index contributed by atoms with van der Waals surface area (Å²) in [5.74, 6) is -0.0708. The van der Waals surface area contributed by atoms with Crippen molar-refractivity contribution in [2.24, 2.45) is 11.8 Å². The van der Waals surface area contributed by atoms with Crippen molar-refractivity contribution in [2.75, 3.05) is 27.6 Å². The SMILES string of the molecule is COc1cc([C@H]2c3cc4c(c(O)c3C[C@@H]3COC(=O)[C@@H]32)OCO4)cc(OC)c1O. The van der Waals surface area contributed by atoms with E-state index in [0.29, 0.717) is 35.7 Å². The molecule has 0 spiro atoms. The summed E-state index contributed by atoms with van der Waals surface area (Å²) in [6.07, 6.45) is 0.497. The summed E-state index contributed by atoms with van der Waals surface area (Å²) in [6, 6.07) is 5.18. The summed E-state index contributed by atoms with van der Waals surface area (Å²) in [7, 11) is 2.90. The lowest BCUT2D eigenvalue weighted by molar-refractivity contribution is -0.141. The van der Waals surface area contributed by atoms with E-state index in [4.69, 9.17) is 23.7 Å².